The summed E-state index contributed by atoms with van der Waals surface area (Å²) in [6.07, 6.45) is 5.30. The van der Waals surface area contributed by atoms with Gasteiger partial charge in [-0.25, -0.2) is 4.99 Å². The molecular weight excluding hydrogens is 422 g/mol. The van der Waals surface area contributed by atoms with Crippen molar-refractivity contribution in [2.45, 2.75) is 50.8 Å². The second-order valence-corrected chi connectivity index (χ2v) is 9.15. The zero-order valence-electron chi connectivity index (χ0n) is 18.7. The van der Waals surface area contributed by atoms with Crippen LogP contribution in [-0.4, -0.2) is 58.8 Å². The van der Waals surface area contributed by atoms with E-state index in [9.17, 15) is 19.5 Å². The van der Waals surface area contributed by atoms with Crippen molar-refractivity contribution in [2.24, 2.45) is 28.5 Å². The molecule has 9 heteroatoms. The first-order chi connectivity index (χ1) is 15.8. The van der Waals surface area contributed by atoms with E-state index in [4.69, 9.17) is 5.73 Å². The number of hydrogen-bond acceptors (Lipinski definition) is 5. The number of carbonyl (C=O) groups is 3. The predicted molar refractivity (Wildman–Crippen MR) is 124 cm³/mol. The summed E-state index contributed by atoms with van der Waals surface area (Å²) in [6, 6.07) is 6.48. The van der Waals surface area contributed by atoms with Gasteiger partial charge in [0.1, 0.15) is 6.04 Å². The summed E-state index contributed by atoms with van der Waals surface area (Å²) in [4.78, 5) is 44.9. The molecule has 2 aromatic rings. The molecule has 1 saturated carbocycles. The third-order valence-electron chi connectivity index (χ3n) is 6.95. The largest absolute Gasteiger partial charge is 0.392 e. The second-order valence-electron chi connectivity index (χ2n) is 9.15. The van der Waals surface area contributed by atoms with Gasteiger partial charge < -0.3 is 26.5 Å². The molecule has 1 saturated heterocycles. The third kappa shape index (κ3) is 4.99. The molecule has 0 bridgehead atoms. The Bertz CT molecular complexity index is 1060. The van der Waals surface area contributed by atoms with E-state index in [2.05, 4.69) is 20.6 Å². The van der Waals surface area contributed by atoms with Crippen LogP contribution in [-0.2, 0) is 20.8 Å². The second kappa shape index (κ2) is 9.84. The molecule has 3 amide bonds. The zero-order valence-corrected chi connectivity index (χ0v) is 18.7. The molecule has 6 N–H and O–H groups in total. The van der Waals surface area contributed by atoms with Crippen LogP contribution in [0.3, 0.4) is 0 Å². The normalized spacial score (nSPS) is 25.1. The maximum atomic E-state index is 13.1. The highest BCUT2D eigenvalue weighted by Crippen LogP contribution is 2.37. The van der Waals surface area contributed by atoms with Crippen LogP contribution < -0.4 is 16.4 Å². The molecule has 1 aromatic carbocycles. The lowest BCUT2D eigenvalue weighted by Gasteiger charge is -2.22. The van der Waals surface area contributed by atoms with Crippen molar-refractivity contribution in [3.63, 3.8) is 0 Å². The molecule has 6 atom stereocenters. The molecule has 33 heavy (non-hydrogen) atoms. The number of aliphatic hydroxyl groups excluding tert-OH is 1. The fourth-order valence-corrected chi connectivity index (χ4v) is 5.14. The minimum atomic E-state index is -1.09. The Morgan fingerprint density at radius 1 is 1.30 bits per heavy atom. The summed E-state index contributed by atoms with van der Waals surface area (Å²) in [7, 11) is 0. The van der Waals surface area contributed by atoms with E-state index >= 15 is 0 Å². The first-order valence-corrected chi connectivity index (χ1v) is 11.5. The minimum absolute atomic E-state index is 0.209. The SMILES string of the molecule is C[C@@H](O)C(C=NC(=O)[C@H](Cc1c[nH]c2ccccc12)NC(=O)[C@H]1NC[C@@H]2CCC[C@@H]21)C(N)=O. The first kappa shape index (κ1) is 23.1. The quantitative estimate of drug-likeness (QED) is 0.372. The van der Waals surface area contributed by atoms with Crippen molar-refractivity contribution >= 4 is 34.8 Å². The van der Waals surface area contributed by atoms with E-state index in [1.165, 1.54) is 6.92 Å². The van der Waals surface area contributed by atoms with Crippen LogP contribution >= 0.6 is 0 Å². The minimum Gasteiger partial charge on any atom is -0.392 e. The number of aromatic nitrogens is 1. The standard InChI is InChI=1S/C24H31N5O4/c1-13(30)18(22(25)31)12-28-23(32)20(9-15-11-26-19-8-3-2-6-16(15)19)29-24(33)21-17-7-4-5-14(17)10-27-21/h2-3,6,8,11-14,17-18,20-21,26-27,30H,4-5,7,9-10H2,1H3,(H2,25,31)(H,29,33)/t13-,14+,17+,18?,20+,21+/m1/s1. The number of nitrogens with two attached hydrogens (primary N) is 1. The lowest BCUT2D eigenvalue weighted by Crippen LogP contribution is -2.50. The summed E-state index contributed by atoms with van der Waals surface area (Å²) in [5.41, 5.74) is 7.11. The maximum absolute atomic E-state index is 13.1. The Labute approximate surface area is 192 Å². The smallest absolute Gasteiger partial charge is 0.268 e. The van der Waals surface area contributed by atoms with Gasteiger partial charge in [-0.3, -0.25) is 14.4 Å². The van der Waals surface area contributed by atoms with Gasteiger partial charge in [0, 0.05) is 29.7 Å². The molecule has 1 aliphatic carbocycles. The number of H-pyrrole nitrogens is 1. The van der Waals surface area contributed by atoms with Gasteiger partial charge in [0.2, 0.25) is 11.8 Å². The Morgan fingerprint density at radius 2 is 2.09 bits per heavy atom. The number of primary amides is 1. The highest BCUT2D eigenvalue weighted by Gasteiger charge is 2.43. The van der Waals surface area contributed by atoms with Crippen molar-refractivity contribution in [3.8, 4) is 0 Å². The molecule has 0 spiro atoms. The number of amides is 3. The number of rotatable bonds is 8. The van der Waals surface area contributed by atoms with Gasteiger partial charge in [-0.2, -0.15) is 0 Å². The molecule has 1 unspecified atom stereocenters. The van der Waals surface area contributed by atoms with Crippen LogP contribution in [0.2, 0.25) is 0 Å². The Hall–Kier alpha value is -3.04. The number of fused-ring (bicyclic) bond motifs is 2. The molecule has 2 heterocycles. The highest BCUT2D eigenvalue weighted by molar-refractivity contribution is 6.00. The summed E-state index contributed by atoms with van der Waals surface area (Å²) in [6.45, 7) is 2.22. The van der Waals surface area contributed by atoms with Gasteiger partial charge in [-0.15, -0.1) is 0 Å². The Balaban J connectivity index is 1.55. The number of benzene rings is 1. The molecule has 176 valence electrons. The van der Waals surface area contributed by atoms with Crippen molar-refractivity contribution in [3.05, 3.63) is 36.0 Å². The van der Waals surface area contributed by atoms with Gasteiger partial charge in [0.25, 0.3) is 5.91 Å². The van der Waals surface area contributed by atoms with Crippen molar-refractivity contribution in [1.29, 1.82) is 0 Å². The Morgan fingerprint density at radius 3 is 2.85 bits per heavy atom. The average Bonchev–Trinajstić information content (AvgIpc) is 3.48. The van der Waals surface area contributed by atoms with E-state index in [-0.39, 0.29) is 24.3 Å². The number of aromatic amines is 1. The van der Waals surface area contributed by atoms with Crippen LogP contribution in [0.1, 0.15) is 31.7 Å². The number of carbonyl (C=O) groups excluding carboxylic acids is 3. The zero-order chi connectivity index (χ0) is 23.5. The molecule has 4 rings (SSSR count). The summed E-state index contributed by atoms with van der Waals surface area (Å²) in [5, 5.41) is 16.9. The van der Waals surface area contributed by atoms with E-state index in [0.717, 1.165) is 48.5 Å². The number of para-hydroxylation sites is 1. The van der Waals surface area contributed by atoms with Crippen LogP contribution in [0.15, 0.2) is 35.5 Å². The topological polar surface area (TPSA) is 150 Å². The van der Waals surface area contributed by atoms with Gasteiger partial charge in [0.05, 0.1) is 18.1 Å². The molecule has 9 nitrogen and oxygen atoms in total. The van der Waals surface area contributed by atoms with E-state index in [1.807, 2.05) is 30.5 Å². The number of aliphatic hydroxyl groups is 1. The summed E-state index contributed by atoms with van der Waals surface area (Å²) < 4.78 is 0. The number of aliphatic imine (C=N–C) groups is 1. The maximum Gasteiger partial charge on any atom is 0.268 e. The predicted octanol–water partition coefficient (Wildman–Crippen LogP) is 0.663. The van der Waals surface area contributed by atoms with E-state index in [1.54, 1.807) is 0 Å². The summed E-state index contributed by atoms with van der Waals surface area (Å²) in [5.74, 6) is -1.88. The Kier molecular flexibility index (Phi) is 6.90. The van der Waals surface area contributed by atoms with E-state index in [0.29, 0.717) is 5.92 Å². The number of nitrogens with zero attached hydrogens (tertiary/aromatic N) is 1. The molecule has 1 aromatic heterocycles. The van der Waals surface area contributed by atoms with Crippen LogP contribution in [0.4, 0.5) is 0 Å². The molecule has 2 fully saturated rings. The van der Waals surface area contributed by atoms with Crippen LogP contribution in [0.5, 0.6) is 0 Å². The fraction of sp³-hybridized carbons (Fsp3) is 0.500. The van der Waals surface area contributed by atoms with Gasteiger partial charge >= 0.3 is 0 Å². The van der Waals surface area contributed by atoms with Gasteiger partial charge in [-0.05, 0) is 49.8 Å². The molecule has 0 radical (unpaired) electrons. The van der Waals surface area contributed by atoms with E-state index < -0.39 is 29.9 Å². The average molecular weight is 454 g/mol. The number of hydrogen-bond donors (Lipinski definition) is 5. The summed E-state index contributed by atoms with van der Waals surface area (Å²) >= 11 is 0. The lowest BCUT2D eigenvalue weighted by atomic mass is 9.93. The lowest BCUT2D eigenvalue weighted by molar-refractivity contribution is -0.129. The monoisotopic (exact) mass is 453 g/mol. The highest BCUT2D eigenvalue weighted by atomic mass is 16.3. The molecule has 2 aliphatic rings. The number of nitrogens with one attached hydrogen (secondary N) is 3. The van der Waals surface area contributed by atoms with Crippen molar-refractivity contribution in [2.75, 3.05) is 6.54 Å². The van der Waals surface area contributed by atoms with Crippen LogP contribution in [0.25, 0.3) is 10.9 Å². The van der Waals surface area contributed by atoms with Crippen LogP contribution in [0, 0.1) is 17.8 Å². The van der Waals surface area contributed by atoms with Crippen molar-refractivity contribution < 1.29 is 19.5 Å². The molecular formula is C24H31N5O4. The van der Waals surface area contributed by atoms with Gasteiger partial charge in [0.15, 0.2) is 0 Å². The van der Waals surface area contributed by atoms with Gasteiger partial charge in [-0.1, -0.05) is 24.6 Å². The molecule has 1 aliphatic heterocycles. The van der Waals surface area contributed by atoms with Crippen molar-refractivity contribution in [1.82, 2.24) is 15.6 Å². The third-order valence-corrected chi connectivity index (χ3v) is 6.95. The first-order valence-electron chi connectivity index (χ1n) is 11.5. The fourth-order valence-electron chi connectivity index (χ4n) is 5.14.